The van der Waals surface area contributed by atoms with Crippen LogP contribution in [0.25, 0.3) is 10.9 Å². The van der Waals surface area contributed by atoms with Gasteiger partial charge in [0, 0.05) is 23.3 Å². The average Bonchev–Trinajstić information content (AvgIpc) is 2.51. The molecule has 0 aliphatic heterocycles. The molecule has 0 unspecified atom stereocenters. The summed E-state index contributed by atoms with van der Waals surface area (Å²) in [6, 6.07) is 9.15. The van der Waals surface area contributed by atoms with Gasteiger partial charge in [0.1, 0.15) is 16.9 Å². The summed E-state index contributed by atoms with van der Waals surface area (Å²) in [5, 5.41) is 1.71. The monoisotopic (exact) mass is 284 g/mol. The lowest BCUT2D eigenvalue weighted by molar-refractivity contribution is 0.463. The van der Waals surface area contributed by atoms with Crippen molar-refractivity contribution in [1.29, 1.82) is 0 Å². The number of aromatic nitrogens is 3. The second-order valence-corrected chi connectivity index (χ2v) is 4.88. The molecule has 0 saturated carbocycles. The molecule has 0 aliphatic carbocycles. The van der Waals surface area contributed by atoms with E-state index < -0.39 is 0 Å². The Labute approximate surface area is 120 Å². The SMILES string of the molecule is CSc1cc(Oc2ccc(N)c3cccnc23)ncn1. The summed E-state index contributed by atoms with van der Waals surface area (Å²) < 4.78 is 5.81. The molecule has 3 rings (SSSR count). The van der Waals surface area contributed by atoms with E-state index in [0.717, 1.165) is 15.9 Å². The third-order valence-electron chi connectivity index (χ3n) is 2.81. The first-order chi connectivity index (χ1) is 9.78. The minimum absolute atomic E-state index is 0.487. The number of thioether (sulfide) groups is 1. The molecule has 2 heterocycles. The van der Waals surface area contributed by atoms with Gasteiger partial charge in [-0.15, -0.1) is 11.8 Å². The maximum absolute atomic E-state index is 5.94. The summed E-state index contributed by atoms with van der Waals surface area (Å²) >= 11 is 1.53. The van der Waals surface area contributed by atoms with E-state index in [1.807, 2.05) is 18.4 Å². The number of fused-ring (bicyclic) bond motifs is 1. The smallest absolute Gasteiger partial charge is 0.223 e. The van der Waals surface area contributed by atoms with E-state index in [1.54, 1.807) is 24.4 Å². The highest BCUT2D eigenvalue weighted by molar-refractivity contribution is 7.98. The third-order valence-corrected chi connectivity index (χ3v) is 3.45. The second-order valence-electron chi connectivity index (χ2n) is 4.05. The van der Waals surface area contributed by atoms with Crippen LogP contribution in [0, 0.1) is 0 Å². The van der Waals surface area contributed by atoms with Crippen molar-refractivity contribution in [3.63, 3.8) is 0 Å². The molecule has 0 aliphatic rings. The molecule has 2 aromatic heterocycles. The molecule has 20 heavy (non-hydrogen) atoms. The molecule has 0 atom stereocenters. The summed E-state index contributed by atoms with van der Waals surface area (Å²) in [4.78, 5) is 12.5. The predicted octanol–water partition coefficient (Wildman–Crippen LogP) is 3.12. The van der Waals surface area contributed by atoms with Gasteiger partial charge in [-0.1, -0.05) is 0 Å². The molecule has 3 aromatic rings. The van der Waals surface area contributed by atoms with Crippen molar-refractivity contribution in [2.75, 3.05) is 12.0 Å². The zero-order chi connectivity index (χ0) is 13.9. The molecule has 1 aromatic carbocycles. The largest absolute Gasteiger partial charge is 0.437 e. The molecule has 0 spiro atoms. The van der Waals surface area contributed by atoms with Crippen LogP contribution in [0.1, 0.15) is 0 Å². The number of ether oxygens (including phenoxy) is 1. The highest BCUT2D eigenvalue weighted by atomic mass is 32.2. The van der Waals surface area contributed by atoms with Crippen molar-refractivity contribution in [3.05, 3.63) is 42.9 Å². The highest BCUT2D eigenvalue weighted by Gasteiger charge is 2.08. The highest BCUT2D eigenvalue weighted by Crippen LogP contribution is 2.31. The first kappa shape index (κ1) is 12.7. The van der Waals surface area contributed by atoms with Gasteiger partial charge in [0.2, 0.25) is 5.88 Å². The topological polar surface area (TPSA) is 73.9 Å². The molecule has 0 fully saturated rings. The van der Waals surface area contributed by atoms with Crippen LogP contribution >= 0.6 is 11.8 Å². The van der Waals surface area contributed by atoms with E-state index >= 15 is 0 Å². The normalized spacial score (nSPS) is 10.7. The molecule has 6 heteroatoms. The number of anilines is 1. The van der Waals surface area contributed by atoms with Crippen LogP contribution in [0.15, 0.2) is 47.9 Å². The van der Waals surface area contributed by atoms with E-state index in [4.69, 9.17) is 10.5 Å². The molecular weight excluding hydrogens is 272 g/mol. The van der Waals surface area contributed by atoms with Crippen LogP contribution in [0.3, 0.4) is 0 Å². The summed E-state index contributed by atoms with van der Waals surface area (Å²) in [7, 11) is 0. The number of benzene rings is 1. The second kappa shape index (κ2) is 5.34. The van der Waals surface area contributed by atoms with Gasteiger partial charge in [-0.3, -0.25) is 4.98 Å². The Bertz CT molecular complexity index is 763. The van der Waals surface area contributed by atoms with Gasteiger partial charge < -0.3 is 10.5 Å². The third kappa shape index (κ3) is 2.37. The van der Waals surface area contributed by atoms with Crippen molar-refractivity contribution in [1.82, 2.24) is 15.0 Å². The average molecular weight is 284 g/mol. The number of nitrogen functional groups attached to an aromatic ring is 1. The molecule has 2 N–H and O–H groups in total. The molecule has 0 radical (unpaired) electrons. The standard InChI is InChI=1S/C14H12N4OS/c1-20-13-7-12(17-8-18-13)19-11-5-4-10(15)9-3-2-6-16-14(9)11/h2-8H,15H2,1H3. The van der Waals surface area contributed by atoms with E-state index in [1.165, 1.54) is 18.1 Å². The zero-order valence-corrected chi connectivity index (χ0v) is 11.6. The van der Waals surface area contributed by atoms with Crippen molar-refractivity contribution in [2.24, 2.45) is 0 Å². The van der Waals surface area contributed by atoms with Crippen molar-refractivity contribution in [2.45, 2.75) is 5.03 Å². The van der Waals surface area contributed by atoms with Gasteiger partial charge in [0.05, 0.1) is 0 Å². The summed E-state index contributed by atoms with van der Waals surface area (Å²) in [5.41, 5.74) is 7.33. The minimum Gasteiger partial charge on any atom is -0.437 e. The number of pyridine rings is 1. The number of nitrogens with zero attached hydrogens (tertiary/aromatic N) is 3. The van der Waals surface area contributed by atoms with E-state index in [9.17, 15) is 0 Å². The van der Waals surface area contributed by atoms with Crippen LogP contribution in [-0.2, 0) is 0 Å². The Balaban J connectivity index is 2.04. The first-order valence-electron chi connectivity index (χ1n) is 5.95. The van der Waals surface area contributed by atoms with Gasteiger partial charge in [0.25, 0.3) is 0 Å². The Hall–Kier alpha value is -2.34. The zero-order valence-electron chi connectivity index (χ0n) is 10.8. The lowest BCUT2D eigenvalue weighted by atomic mass is 10.2. The van der Waals surface area contributed by atoms with Crippen molar-refractivity contribution < 1.29 is 4.74 Å². The Kier molecular flexibility index (Phi) is 3.39. The maximum atomic E-state index is 5.94. The predicted molar refractivity (Wildman–Crippen MR) is 80.0 cm³/mol. The Morgan fingerprint density at radius 1 is 1.15 bits per heavy atom. The first-order valence-corrected chi connectivity index (χ1v) is 7.17. The van der Waals surface area contributed by atoms with Gasteiger partial charge in [-0.2, -0.15) is 0 Å². The van der Waals surface area contributed by atoms with Gasteiger partial charge in [-0.25, -0.2) is 9.97 Å². The number of nitrogens with two attached hydrogens (primary N) is 1. The molecule has 100 valence electrons. The lowest BCUT2D eigenvalue weighted by Gasteiger charge is -2.09. The quantitative estimate of drug-likeness (QED) is 0.452. The van der Waals surface area contributed by atoms with Crippen molar-refractivity contribution >= 4 is 28.4 Å². The molecule has 0 bridgehead atoms. The van der Waals surface area contributed by atoms with Crippen LogP contribution < -0.4 is 10.5 Å². The van der Waals surface area contributed by atoms with E-state index in [2.05, 4.69) is 15.0 Å². The maximum Gasteiger partial charge on any atom is 0.223 e. The molecular formula is C14H12N4OS. The molecule has 5 nitrogen and oxygen atoms in total. The number of hydrogen-bond donors (Lipinski definition) is 1. The molecule has 0 saturated heterocycles. The van der Waals surface area contributed by atoms with E-state index in [-0.39, 0.29) is 0 Å². The minimum atomic E-state index is 0.487. The fourth-order valence-electron chi connectivity index (χ4n) is 1.85. The number of rotatable bonds is 3. The van der Waals surface area contributed by atoms with Crippen LogP contribution in [0.4, 0.5) is 5.69 Å². The van der Waals surface area contributed by atoms with Crippen molar-refractivity contribution in [3.8, 4) is 11.6 Å². The van der Waals surface area contributed by atoms with Gasteiger partial charge in [-0.05, 0) is 30.5 Å². The fraction of sp³-hybridized carbons (Fsp3) is 0.0714. The van der Waals surface area contributed by atoms with Crippen LogP contribution in [-0.4, -0.2) is 21.2 Å². The summed E-state index contributed by atoms with van der Waals surface area (Å²) in [5.74, 6) is 1.11. The van der Waals surface area contributed by atoms with Crippen LogP contribution in [0.5, 0.6) is 11.6 Å². The Morgan fingerprint density at radius 2 is 2.05 bits per heavy atom. The number of hydrogen-bond acceptors (Lipinski definition) is 6. The summed E-state index contributed by atoms with van der Waals surface area (Å²) in [6.45, 7) is 0. The lowest BCUT2D eigenvalue weighted by Crippen LogP contribution is -1.94. The fourth-order valence-corrected chi connectivity index (χ4v) is 2.23. The van der Waals surface area contributed by atoms with Gasteiger partial charge in [0.15, 0.2) is 5.75 Å². The van der Waals surface area contributed by atoms with Gasteiger partial charge >= 0.3 is 0 Å². The summed E-state index contributed by atoms with van der Waals surface area (Å²) in [6.07, 6.45) is 5.14. The molecule has 0 amide bonds. The Morgan fingerprint density at radius 3 is 2.90 bits per heavy atom. The van der Waals surface area contributed by atoms with E-state index in [0.29, 0.717) is 17.3 Å². The van der Waals surface area contributed by atoms with Crippen LogP contribution in [0.2, 0.25) is 0 Å².